The molecular weight excluding hydrogens is 314 g/mol. The summed E-state index contributed by atoms with van der Waals surface area (Å²) in [6.45, 7) is 10.9. The first-order chi connectivity index (χ1) is 12.4. The monoisotopic (exact) mass is 353 g/mol. The summed E-state index contributed by atoms with van der Waals surface area (Å²) in [5.41, 5.74) is 0. The van der Waals surface area contributed by atoms with Crippen LogP contribution in [0.5, 0.6) is 0 Å². The number of ether oxygens (including phenoxy) is 1. The smallest absolute Gasteiger partial charge is 0.190 e. The van der Waals surface area contributed by atoms with Gasteiger partial charge in [0, 0.05) is 33.2 Å². The van der Waals surface area contributed by atoms with E-state index in [1.54, 1.807) is 0 Å². The predicted octanol–water partition coefficient (Wildman–Crippen LogP) is 1.53. The van der Waals surface area contributed by atoms with Crippen LogP contribution in [0.4, 0.5) is 0 Å². The van der Waals surface area contributed by atoms with Crippen LogP contribution in [0, 0.1) is 0 Å². The summed E-state index contributed by atoms with van der Waals surface area (Å²) >= 11 is 0. The first kappa shape index (κ1) is 20.5. The Labute approximate surface area is 154 Å². The Hall–Kier alpha value is -0.850. The Morgan fingerprint density at radius 3 is 2.08 bits per heavy atom. The highest BCUT2D eigenvalue weighted by molar-refractivity contribution is 5.79. The van der Waals surface area contributed by atoms with Crippen LogP contribution in [-0.2, 0) is 4.74 Å². The zero-order valence-corrected chi connectivity index (χ0v) is 16.3. The average molecular weight is 354 g/mol. The molecule has 2 fully saturated rings. The van der Waals surface area contributed by atoms with Gasteiger partial charge in [0.2, 0.25) is 0 Å². The van der Waals surface area contributed by atoms with Crippen molar-refractivity contribution in [1.29, 1.82) is 0 Å². The van der Waals surface area contributed by atoms with E-state index in [2.05, 4.69) is 25.4 Å². The number of hydrogen-bond donors (Lipinski definition) is 2. The summed E-state index contributed by atoms with van der Waals surface area (Å²) in [6, 6.07) is 0. The number of nitrogens with one attached hydrogen (secondary N) is 2. The topological polar surface area (TPSA) is 52.1 Å². The van der Waals surface area contributed by atoms with Crippen molar-refractivity contribution in [2.45, 2.75) is 44.9 Å². The van der Waals surface area contributed by atoms with Crippen LogP contribution in [-0.4, -0.2) is 88.4 Å². The fourth-order valence-corrected chi connectivity index (χ4v) is 3.58. The second-order valence-electron chi connectivity index (χ2n) is 7.20. The van der Waals surface area contributed by atoms with Crippen molar-refractivity contribution in [2.24, 2.45) is 4.99 Å². The third-order valence-corrected chi connectivity index (χ3v) is 5.16. The third kappa shape index (κ3) is 9.42. The van der Waals surface area contributed by atoms with Crippen molar-refractivity contribution in [3.8, 4) is 0 Å². The maximum absolute atomic E-state index is 5.38. The molecule has 0 aromatic heterocycles. The summed E-state index contributed by atoms with van der Waals surface area (Å²) in [7, 11) is 1.86. The number of aliphatic imine (C=N–C) groups is 1. The van der Waals surface area contributed by atoms with E-state index in [-0.39, 0.29) is 0 Å². The van der Waals surface area contributed by atoms with E-state index < -0.39 is 0 Å². The molecule has 0 saturated carbocycles. The molecule has 0 aromatic carbocycles. The zero-order valence-electron chi connectivity index (χ0n) is 16.3. The molecule has 6 heteroatoms. The quantitative estimate of drug-likeness (QED) is 0.374. The van der Waals surface area contributed by atoms with E-state index in [1.165, 1.54) is 71.1 Å². The molecule has 6 nitrogen and oxygen atoms in total. The average Bonchev–Trinajstić information content (AvgIpc) is 2.93. The molecule has 0 aliphatic carbocycles. The summed E-state index contributed by atoms with van der Waals surface area (Å²) in [4.78, 5) is 9.45. The van der Waals surface area contributed by atoms with Gasteiger partial charge >= 0.3 is 0 Å². The molecule has 2 rings (SSSR count). The molecule has 0 bridgehead atoms. The van der Waals surface area contributed by atoms with E-state index in [0.717, 1.165) is 45.4 Å². The lowest BCUT2D eigenvalue weighted by molar-refractivity contribution is 0.0372. The lowest BCUT2D eigenvalue weighted by atomic mass is 10.2. The van der Waals surface area contributed by atoms with Gasteiger partial charge in [-0.2, -0.15) is 0 Å². The summed E-state index contributed by atoms with van der Waals surface area (Å²) in [6.07, 6.45) is 9.19. The van der Waals surface area contributed by atoms with Gasteiger partial charge in [0.25, 0.3) is 0 Å². The minimum atomic E-state index is 0.895. The molecule has 0 spiro atoms. The van der Waals surface area contributed by atoms with Gasteiger partial charge < -0.3 is 20.3 Å². The highest BCUT2D eigenvalue weighted by Crippen LogP contribution is 2.09. The summed E-state index contributed by atoms with van der Waals surface area (Å²) in [5, 5.41) is 6.89. The molecule has 0 amide bonds. The largest absolute Gasteiger partial charge is 0.379 e. The van der Waals surface area contributed by atoms with Gasteiger partial charge in [-0.3, -0.25) is 9.89 Å². The van der Waals surface area contributed by atoms with E-state index >= 15 is 0 Å². The third-order valence-electron chi connectivity index (χ3n) is 5.16. The fourth-order valence-electron chi connectivity index (χ4n) is 3.58. The van der Waals surface area contributed by atoms with Crippen molar-refractivity contribution >= 4 is 5.96 Å². The molecule has 25 heavy (non-hydrogen) atoms. The first-order valence-corrected chi connectivity index (χ1v) is 10.4. The summed E-state index contributed by atoms with van der Waals surface area (Å²) < 4.78 is 5.38. The first-order valence-electron chi connectivity index (χ1n) is 10.4. The van der Waals surface area contributed by atoms with E-state index in [9.17, 15) is 0 Å². The number of nitrogens with zero attached hydrogens (tertiary/aromatic N) is 3. The number of likely N-dealkylation sites (tertiary alicyclic amines) is 1. The summed E-state index contributed by atoms with van der Waals surface area (Å²) in [5.74, 6) is 0.947. The number of guanidine groups is 1. The maximum atomic E-state index is 5.38. The van der Waals surface area contributed by atoms with Crippen LogP contribution in [0.25, 0.3) is 0 Å². The molecule has 2 saturated heterocycles. The van der Waals surface area contributed by atoms with Crippen LogP contribution in [0.15, 0.2) is 4.99 Å². The van der Waals surface area contributed by atoms with Crippen molar-refractivity contribution in [2.75, 3.05) is 72.6 Å². The molecular formula is C19H39N5O. The molecule has 2 aliphatic heterocycles. The highest BCUT2D eigenvalue weighted by atomic mass is 16.5. The van der Waals surface area contributed by atoms with Crippen molar-refractivity contribution in [3.63, 3.8) is 0 Å². The molecule has 0 atom stereocenters. The standard InChI is InChI=1S/C19H39N5O/c1-20-19(21-9-4-7-13-24-15-17-25-18-16-24)22-10-8-14-23-11-5-2-3-6-12-23/h2-18H2,1H3,(H2,20,21,22). The van der Waals surface area contributed by atoms with Gasteiger partial charge in [-0.05, 0) is 58.3 Å². The van der Waals surface area contributed by atoms with Gasteiger partial charge in [0.1, 0.15) is 0 Å². The van der Waals surface area contributed by atoms with Crippen molar-refractivity contribution in [3.05, 3.63) is 0 Å². The molecule has 0 unspecified atom stereocenters. The zero-order chi connectivity index (χ0) is 17.6. The number of hydrogen-bond acceptors (Lipinski definition) is 4. The molecule has 0 aromatic rings. The molecule has 2 heterocycles. The second kappa shape index (κ2) is 13.4. The van der Waals surface area contributed by atoms with Gasteiger partial charge in [-0.25, -0.2) is 0 Å². The molecule has 0 radical (unpaired) electrons. The highest BCUT2D eigenvalue weighted by Gasteiger charge is 2.09. The predicted molar refractivity (Wildman–Crippen MR) is 105 cm³/mol. The minimum absolute atomic E-state index is 0.895. The van der Waals surface area contributed by atoms with Crippen molar-refractivity contribution in [1.82, 2.24) is 20.4 Å². The van der Waals surface area contributed by atoms with Crippen LogP contribution >= 0.6 is 0 Å². The maximum Gasteiger partial charge on any atom is 0.190 e. The molecule has 2 aliphatic rings. The number of morpholine rings is 1. The molecule has 2 N–H and O–H groups in total. The van der Waals surface area contributed by atoms with Gasteiger partial charge in [-0.1, -0.05) is 12.8 Å². The van der Waals surface area contributed by atoms with Crippen LogP contribution < -0.4 is 10.6 Å². The van der Waals surface area contributed by atoms with Gasteiger partial charge in [0.05, 0.1) is 13.2 Å². The van der Waals surface area contributed by atoms with E-state index in [4.69, 9.17) is 4.74 Å². The van der Waals surface area contributed by atoms with E-state index in [1.807, 2.05) is 7.05 Å². The second-order valence-corrected chi connectivity index (χ2v) is 7.20. The SMILES string of the molecule is CN=C(NCCCCN1CCOCC1)NCCCN1CCCCCC1. The fraction of sp³-hybridized carbons (Fsp3) is 0.947. The number of rotatable bonds is 9. The number of unbranched alkanes of at least 4 members (excludes halogenated alkanes) is 1. The minimum Gasteiger partial charge on any atom is -0.379 e. The molecule has 146 valence electrons. The normalized spacial score (nSPS) is 21.1. The lowest BCUT2D eigenvalue weighted by Crippen LogP contribution is -2.40. The van der Waals surface area contributed by atoms with Gasteiger partial charge in [0.15, 0.2) is 5.96 Å². The van der Waals surface area contributed by atoms with Crippen LogP contribution in [0.1, 0.15) is 44.9 Å². The van der Waals surface area contributed by atoms with Crippen LogP contribution in [0.3, 0.4) is 0 Å². The lowest BCUT2D eigenvalue weighted by Gasteiger charge is -2.26. The Balaban J connectivity index is 1.44. The Morgan fingerprint density at radius 1 is 0.800 bits per heavy atom. The Bertz CT molecular complexity index is 350. The van der Waals surface area contributed by atoms with E-state index in [0.29, 0.717) is 0 Å². The van der Waals surface area contributed by atoms with Gasteiger partial charge in [-0.15, -0.1) is 0 Å². The Kier molecular flexibility index (Phi) is 10.9. The van der Waals surface area contributed by atoms with Crippen LogP contribution in [0.2, 0.25) is 0 Å². The van der Waals surface area contributed by atoms with Crippen molar-refractivity contribution < 1.29 is 4.74 Å². The Morgan fingerprint density at radius 2 is 1.40 bits per heavy atom.